The van der Waals surface area contributed by atoms with E-state index in [2.05, 4.69) is 11.8 Å². The van der Waals surface area contributed by atoms with Crippen molar-refractivity contribution < 1.29 is 4.79 Å². The minimum Gasteiger partial charge on any atom is -0.338 e. The van der Waals surface area contributed by atoms with E-state index in [9.17, 15) is 4.79 Å². The van der Waals surface area contributed by atoms with Crippen molar-refractivity contribution in [2.24, 2.45) is 5.73 Å². The van der Waals surface area contributed by atoms with Crippen LogP contribution in [0.1, 0.15) is 90.4 Å². The molecule has 0 saturated heterocycles. The summed E-state index contributed by atoms with van der Waals surface area (Å²) in [5.41, 5.74) is 5.70. The first-order valence-electron chi connectivity index (χ1n) is 9.29. The molecule has 3 heteroatoms. The van der Waals surface area contributed by atoms with E-state index >= 15 is 0 Å². The number of unbranched alkanes of at least 4 members (excludes halogenated alkanes) is 6. The predicted molar refractivity (Wildman–Crippen MR) is 90.3 cm³/mol. The molecule has 0 spiro atoms. The van der Waals surface area contributed by atoms with Gasteiger partial charge in [0.05, 0.1) is 0 Å². The van der Waals surface area contributed by atoms with Gasteiger partial charge in [-0.3, -0.25) is 4.79 Å². The minimum absolute atomic E-state index is 0.348. The Balaban J connectivity index is 2.19. The van der Waals surface area contributed by atoms with Gasteiger partial charge in [0.25, 0.3) is 0 Å². The molecule has 0 aromatic rings. The van der Waals surface area contributed by atoms with Crippen molar-refractivity contribution in [3.63, 3.8) is 0 Å². The predicted octanol–water partition coefficient (Wildman–Crippen LogP) is 4.25. The molecule has 0 heterocycles. The highest BCUT2D eigenvalue weighted by atomic mass is 16.2. The van der Waals surface area contributed by atoms with E-state index < -0.39 is 0 Å². The van der Waals surface area contributed by atoms with Crippen LogP contribution < -0.4 is 5.73 Å². The zero-order valence-corrected chi connectivity index (χ0v) is 14.1. The zero-order valence-electron chi connectivity index (χ0n) is 14.1. The lowest BCUT2D eigenvalue weighted by molar-refractivity contribution is -0.134. The average Bonchev–Trinajstić information content (AvgIpc) is 2.52. The van der Waals surface area contributed by atoms with Gasteiger partial charge >= 0.3 is 0 Å². The number of carbonyl (C=O) groups excluding carboxylic acids is 1. The van der Waals surface area contributed by atoms with Gasteiger partial charge < -0.3 is 10.6 Å². The molecule has 3 nitrogen and oxygen atoms in total. The summed E-state index contributed by atoms with van der Waals surface area (Å²) in [4.78, 5) is 14.5. The van der Waals surface area contributed by atoms with Gasteiger partial charge in [-0.2, -0.15) is 0 Å². The normalized spacial score (nSPS) is 16.1. The maximum atomic E-state index is 12.4. The average molecular weight is 296 g/mol. The van der Waals surface area contributed by atoms with Gasteiger partial charge in [0, 0.05) is 25.6 Å². The van der Waals surface area contributed by atoms with Gasteiger partial charge in [0.2, 0.25) is 5.91 Å². The van der Waals surface area contributed by atoms with Gasteiger partial charge in [0.1, 0.15) is 0 Å². The molecule has 1 aliphatic carbocycles. The molecule has 1 amide bonds. The monoisotopic (exact) mass is 296 g/mol. The van der Waals surface area contributed by atoms with Crippen molar-refractivity contribution >= 4 is 5.91 Å². The summed E-state index contributed by atoms with van der Waals surface area (Å²) in [5, 5.41) is 0. The highest BCUT2D eigenvalue weighted by Crippen LogP contribution is 2.23. The van der Waals surface area contributed by atoms with Crippen molar-refractivity contribution in [1.29, 1.82) is 0 Å². The molecule has 124 valence electrons. The standard InChI is InChI=1S/C18H36N2O/c1-2-3-4-5-6-7-11-14-18(21)20(16-15-19)17-12-9-8-10-13-17/h17H,2-16,19H2,1H3. The number of hydrogen-bond donors (Lipinski definition) is 1. The first-order chi connectivity index (χ1) is 10.3. The van der Waals surface area contributed by atoms with Crippen LogP contribution in [0.25, 0.3) is 0 Å². The minimum atomic E-state index is 0.348. The quantitative estimate of drug-likeness (QED) is 0.579. The Morgan fingerprint density at radius 2 is 1.62 bits per heavy atom. The Hall–Kier alpha value is -0.570. The van der Waals surface area contributed by atoms with E-state index in [0.717, 1.165) is 19.4 Å². The van der Waals surface area contributed by atoms with Crippen LogP contribution in [0.15, 0.2) is 0 Å². The summed E-state index contributed by atoms with van der Waals surface area (Å²) in [5.74, 6) is 0.348. The van der Waals surface area contributed by atoms with Gasteiger partial charge in [0.15, 0.2) is 0 Å². The van der Waals surface area contributed by atoms with Gasteiger partial charge in [-0.1, -0.05) is 64.7 Å². The zero-order chi connectivity index (χ0) is 15.3. The maximum absolute atomic E-state index is 12.4. The summed E-state index contributed by atoms with van der Waals surface area (Å²) in [6.07, 6.45) is 15.9. The number of nitrogens with two attached hydrogens (primary N) is 1. The molecule has 0 bridgehead atoms. The maximum Gasteiger partial charge on any atom is 0.222 e. The fourth-order valence-electron chi connectivity index (χ4n) is 3.42. The molecule has 0 aromatic carbocycles. The van der Waals surface area contributed by atoms with E-state index in [4.69, 9.17) is 5.73 Å². The third-order valence-corrected chi connectivity index (χ3v) is 4.70. The Morgan fingerprint density at radius 1 is 1.00 bits per heavy atom. The molecular formula is C18H36N2O. The first-order valence-corrected chi connectivity index (χ1v) is 9.29. The second-order valence-corrected chi connectivity index (χ2v) is 6.54. The van der Waals surface area contributed by atoms with Gasteiger partial charge in [-0.05, 0) is 19.3 Å². The molecule has 0 aliphatic heterocycles. The molecular weight excluding hydrogens is 260 g/mol. The number of nitrogens with zero attached hydrogens (tertiary/aromatic N) is 1. The lowest BCUT2D eigenvalue weighted by atomic mass is 9.93. The fraction of sp³-hybridized carbons (Fsp3) is 0.944. The van der Waals surface area contributed by atoms with Crippen molar-refractivity contribution in [1.82, 2.24) is 4.90 Å². The van der Waals surface area contributed by atoms with Crippen LogP contribution >= 0.6 is 0 Å². The van der Waals surface area contributed by atoms with E-state index in [-0.39, 0.29) is 0 Å². The molecule has 1 fully saturated rings. The second kappa shape index (κ2) is 12.0. The summed E-state index contributed by atoms with van der Waals surface area (Å²) in [6, 6.07) is 0.472. The van der Waals surface area contributed by atoms with Crippen molar-refractivity contribution in [2.45, 2.75) is 96.4 Å². The number of amides is 1. The van der Waals surface area contributed by atoms with Gasteiger partial charge in [-0.15, -0.1) is 0 Å². The highest BCUT2D eigenvalue weighted by Gasteiger charge is 2.24. The Labute approximate surface area is 131 Å². The van der Waals surface area contributed by atoms with Crippen LogP contribution in [0, 0.1) is 0 Å². The van der Waals surface area contributed by atoms with Crippen LogP contribution in [0.4, 0.5) is 0 Å². The first kappa shape index (κ1) is 18.5. The van der Waals surface area contributed by atoms with Crippen LogP contribution in [0.2, 0.25) is 0 Å². The Bertz CT molecular complexity index is 262. The van der Waals surface area contributed by atoms with Crippen molar-refractivity contribution in [2.75, 3.05) is 13.1 Å². The largest absolute Gasteiger partial charge is 0.338 e. The summed E-state index contributed by atoms with van der Waals surface area (Å²) < 4.78 is 0. The highest BCUT2D eigenvalue weighted by molar-refractivity contribution is 5.76. The van der Waals surface area contributed by atoms with Crippen molar-refractivity contribution in [3.8, 4) is 0 Å². The Morgan fingerprint density at radius 3 is 2.24 bits per heavy atom. The second-order valence-electron chi connectivity index (χ2n) is 6.54. The molecule has 0 unspecified atom stereocenters. The molecule has 0 aromatic heterocycles. The van der Waals surface area contributed by atoms with Crippen molar-refractivity contribution in [3.05, 3.63) is 0 Å². The molecule has 1 rings (SSSR count). The molecule has 1 saturated carbocycles. The van der Waals surface area contributed by atoms with Crippen LogP contribution in [-0.2, 0) is 4.79 Å². The Kier molecular flexibility index (Phi) is 10.6. The molecule has 0 radical (unpaired) electrons. The SMILES string of the molecule is CCCCCCCCCC(=O)N(CCN)C1CCCCC1. The summed E-state index contributed by atoms with van der Waals surface area (Å²) in [7, 11) is 0. The third-order valence-electron chi connectivity index (χ3n) is 4.70. The molecule has 1 aliphatic rings. The van der Waals surface area contributed by atoms with Crippen LogP contribution in [-0.4, -0.2) is 29.9 Å². The molecule has 0 atom stereocenters. The van der Waals surface area contributed by atoms with Crippen LogP contribution in [0.5, 0.6) is 0 Å². The smallest absolute Gasteiger partial charge is 0.222 e. The van der Waals surface area contributed by atoms with Crippen LogP contribution in [0.3, 0.4) is 0 Å². The number of hydrogen-bond acceptors (Lipinski definition) is 2. The van der Waals surface area contributed by atoms with E-state index in [1.165, 1.54) is 70.6 Å². The van der Waals surface area contributed by atoms with E-state index in [1.807, 2.05) is 0 Å². The number of carbonyl (C=O) groups is 1. The molecule has 2 N–H and O–H groups in total. The lowest BCUT2D eigenvalue weighted by Gasteiger charge is -2.34. The lowest BCUT2D eigenvalue weighted by Crippen LogP contribution is -2.44. The molecule has 21 heavy (non-hydrogen) atoms. The fourth-order valence-corrected chi connectivity index (χ4v) is 3.42. The van der Waals surface area contributed by atoms with Gasteiger partial charge in [-0.25, -0.2) is 0 Å². The third kappa shape index (κ3) is 7.85. The van der Waals surface area contributed by atoms with E-state index in [0.29, 0.717) is 18.5 Å². The topological polar surface area (TPSA) is 46.3 Å². The summed E-state index contributed by atoms with van der Waals surface area (Å²) >= 11 is 0. The summed E-state index contributed by atoms with van der Waals surface area (Å²) in [6.45, 7) is 3.59. The van der Waals surface area contributed by atoms with E-state index in [1.54, 1.807) is 0 Å². The number of rotatable bonds is 11.